The summed E-state index contributed by atoms with van der Waals surface area (Å²) in [5.74, 6) is -0.241. The van der Waals surface area contributed by atoms with Gasteiger partial charge in [0.25, 0.3) is 0 Å². The third-order valence-electron chi connectivity index (χ3n) is 1.58. The molecule has 0 unspecified atom stereocenters. The Morgan fingerprint density at radius 3 is 2.31 bits per heavy atom. The molecule has 0 rings (SSSR count). The van der Waals surface area contributed by atoms with Crippen molar-refractivity contribution in [2.45, 2.75) is 52.7 Å². The summed E-state index contributed by atoms with van der Waals surface area (Å²) >= 11 is 0. The summed E-state index contributed by atoms with van der Waals surface area (Å²) in [7, 11) is 0. The number of esters is 1. The predicted octanol–water partition coefficient (Wildman–Crippen LogP) is 2.14. The second kappa shape index (κ2) is 5.22. The van der Waals surface area contributed by atoms with Crippen LogP contribution in [0.5, 0.6) is 0 Å². The van der Waals surface area contributed by atoms with Gasteiger partial charge in [0.05, 0.1) is 12.7 Å². The van der Waals surface area contributed by atoms with Gasteiger partial charge in [-0.2, -0.15) is 0 Å². The molecule has 13 heavy (non-hydrogen) atoms. The standard InChI is InChI=1S/C10H20O3/c1-8(2)12-7-6-10(4,5)13-9(3)11/h8H,6-7H2,1-5H3. The maximum absolute atomic E-state index is 10.7. The molecule has 0 heterocycles. The summed E-state index contributed by atoms with van der Waals surface area (Å²) < 4.78 is 10.5. The highest BCUT2D eigenvalue weighted by Crippen LogP contribution is 2.14. The quantitative estimate of drug-likeness (QED) is 0.620. The summed E-state index contributed by atoms with van der Waals surface area (Å²) in [6.45, 7) is 9.79. The van der Waals surface area contributed by atoms with Gasteiger partial charge < -0.3 is 9.47 Å². The third-order valence-corrected chi connectivity index (χ3v) is 1.58. The Morgan fingerprint density at radius 2 is 1.92 bits per heavy atom. The molecule has 0 saturated heterocycles. The average molecular weight is 188 g/mol. The number of hydrogen-bond donors (Lipinski definition) is 0. The monoisotopic (exact) mass is 188 g/mol. The molecular weight excluding hydrogens is 168 g/mol. The maximum Gasteiger partial charge on any atom is 0.303 e. The maximum atomic E-state index is 10.7. The first kappa shape index (κ1) is 12.4. The highest BCUT2D eigenvalue weighted by atomic mass is 16.6. The SMILES string of the molecule is CC(=O)OC(C)(C)CCOC(C)C. The Kier molecular flexibility index (Phi) is 4.99. The van der Waals surface area contributed by atoms with E-state index in [-0.39, 0.29) is 12.1 Å². The number of rotatable bonds is 5. The third kappa shape index (κ3) is 7.78. The van der Waals surface area contributed by atoms with E-state index in [4.69, 9.17) is 9.47 Å². The van der Waals surface area contributed by atoms with Crippen molar-refractivity contribution in [3.05, 3.63) is 0 Å². The van der Waals surface area contributed by atoms with Gasteiger partial charge in [0.1, 0.15) is 5.60 Å². The molecule has 3 heteroatoms. The topological polar surface area (TPSA) is 35.5 Å². The van der Waals surface area contributed by atoms with E-state index in [1.807, 2.05) is 27.7 Å². The minimum atomic E-state index is -0.416. The Bertz CT molecular complexity index is 162. The molecular formula is C10H20O3. The zero-order chi connectivity index (χ0) is 10.5. The van der Waals surface area contributed by atoms with Crippen LogP contribution in [-0.4, -0.2) is 24.3 Å². The largest absolute Gasteiger partial charge is 0.460 e. The molecule has 3 nitrogen and oxygen atoms in total. The van der Waals surface area contributed by atoms with Crippen molar-refractivity contribution >= 4 is 5.97 Å². The Balaban J connectivity index is 3.69. The summed E-state index contributed by atoms with van der Waals surface area (Å²) in [6.07, 6.45) is 0.957. The summed E-state index contributed by atoms with van der Waals surface area (Å²) in [6, 6.07) is 0. The fourth-order valence-corrected chi connectivity index (χ4v) is 0.981. The van der Waals surface area contributed by atoms with Crippen molar-refractivity contribution < 1.29 is 14.3 Å². The molecule has 0 atom stereocenters. The molecule has 0 aromatic heterocycles. The van der Waals surface area contributed by atoms with Crippen LogP contribution in [0.4, 0.5) is 0 Å². The van der Waals surface area contributed by atoms with Gasteiger partial charge in [-0.1, -0.05) is 0 Å². The van der Waals surface area contributed by atoms with Crippen LogP contribution in [0.25, 0.3) is 0 Å². The molecule has 0 aromatic carbocycles. The van der Waals surface area contributed by atoms with Gasteiger partial charge >= 0.3 is 5.97 Å². The van der Waals surface area contributed by atoms with Gasteiger partial charge in [-0.15, -0.1) is 0 Å². The van der Waals surface area contributed by atoms with Crippen molar-refractivity contribution in [3.63, 3.8) is 0 Å². The highest BCUT2D eigenvalue weighted by Gasteiger charge is 2.20. The van der Waals surface area contributed by atoms with E-state index in [2.05, 4.69) is 0 Å². The van der Waals surface area contributed by atoms with Crippen LogP contribution in [0.3, 0.4) is 0 Å². The molecule has 0 saturated carbocycles. The fourth-order valence-electron chi connectivity index (χ4n) is 0.981. The fraction of sp³-hybridized carbons (Fsp3) is 0.900. The van der Waals surface area contributed by atoms with Crippen LogP contribution in [0.15, 0.2) is 0 Å². The Labute approximate surface area is 80.4 Å². The van der Waals surface area contributed by atoms with Crippen LogP contribution in [0.2, 0.25) is 0 Å². The molecule has 0 spiro atoms. The minimum Gasteiger partial charge on any atom is -0.460 e. The Morgan fingerprint density at radius 1 is 1.38 bits per heavy atom. The average Bonchev–Trinajstić information content (AvgIpc) is 1.81. The van der Waals surface area contributed by atoms with Crippen molar-refractivity contribution in [1.82, 2.24) is 0 Å². The van der Waals surface area contributed by atoms with Crippen LogP contribution in [-0.2, 0) is 14.3 Å². The molecule has 0 aliphatic carbocycles. The molecule has 0 fully saturated rings. The molecule has 0 amide bonds. The molecule has 0 aliphatic rings. The first-order valence-corrected chi connectivity index (χ1v) is 4.65. The van der Waals surface area contributed by atoms with Crippen LogP contribution >= 0.6 is 0 Å². The normalized spacial score (nSPS) is 11.8. The molecule has 0 aromatic rings. The summed E-state index contributed by atoms with van der Waals surface area (Å²) in [4.78, 5) is 10.7. The van der Waals surface area contributed by atoms with Gasteiger partial charge in [0.15, 0.2) is 0 Å². The number of hydrogen-bond acceptors (Lipinski definition) is 3. The van der Waals surface area contributed by atoms with E-state index in [0.29, 0.717) is 6.61 Å². The van der Waals surface area contributed by atoms with Crippen LogP contribution in [0.1, 0.15) is 41.0 Å². The van der Waals surface area contributed by atoms with Crippen molar-refractivity contribution in [2.24, 2.45) is 0 Å². The lowest BCUT2D eigenvalue weighted by Gasteiger charge is -2.24. The molecule has 0 aliphatic heterocycles. The summed E-state index contributed by atoms with van der Waals surface area (Å²) in [5.41, 5.74) is -0.416. The number of ether oxygens (including phenoxy) is 2. The lowest BCUT2D eigenvalue weighted by atomic mass is 10.1. The number of carbonyl (C=O) groups is 1. The highest BCUT2D eigenvalue weighted by molar-refractivity contribution is 5.66. The smallest absolute Gasteiger partial charge is 0.303 e. The molecule has 0 radical (unpaired) electrons. The van der Waals surface area contributed by atoms with Crippen LogP contribution < -0.4 is 0 Å². The zero-order valence-electron chi connectivity index (χ0n) is 9.22. The van der Waals surface area contributed by atoms with Crippen LogP contribution in [0, 0.1) is 0 Å². The molecule has 0 bridgehead atoms. The number of carbonyl (C=O) groups excluding carboxylic acids is 1. The van der Waals surface area contributed by atoms with E-state index < -0.39 is 5.60 Å². The van der Waals surface area contributed by atoms with E-state index in [1.165, 1.54) is 6.92 Å². The second-order valence-electron chi connectivity index (χ2n) is 4.02. The molecule has 0 N–H and O–H groups in total. The van der Waals surface area contributed by atoms with Gasteiger partial charge in [-0.3, -0.25) is 4.79 Å². The molecule has 78 valence electrons. The van der Waals surface area contributed by atoms with Gasteiger partial charge in [-0.25, -0.2) is 0 Å². The lowest BCUT2D eigenvalue weighted by Crippen LogP contribution is -2.29. The Hall–Kier alpha value is -0.570. The zero-order valence-corrected chi connectivity index (χ0v) is 9.22. The van der Waals surface area contributed by atoms with E-state index in [1.54, 1.807) is 0 Å². The lowest BCUT2D eigenvalue weighted by molar-refractivity contribution is -0.155. The van der Waals surface area contributed by atoms with Gasteiger partial charge in [-0.05, 0) is 27.7 Å². The van der Waals surface area contributed by atoms with E-state index in [0.717, 1.165) is 6.42 Å². The van der Waals surface area contributed by atoms with E-state index >= 15 is 0 Å². The van der Waals surface area contributed by atoms with Crippen molar-refractivity contribution in [2.75, 3.05) is 6.61 Å². The minimum absolute atomic E-state index is 0.230. The van der Waals surface area contributed by atoms with Crippen molar-refractivity contribution in [1.29, 1.82) is 0 Å². The van der Waals surface area contributed by atoms with Gasteiger partial charge in [0, 0.05) is 13.3 Å². The second-order valence-corrected chi connectivity index (χ2v) is 4.02. The first-order valence-electron chi connectivity index (χ1n) is 4.65. The summed E-state index contributed by atoms with van der Waals surface area (Å²) in [5, 5.41) is 0. The van der Waals surface area contributed by atoms with Crippen molar-refractivity contribution in [3.8, 4) is 0 Å². The van der Waals surface area contributed by atoms with Gasteiger partial charge in [0.2, 0.25) is 0 Å². The predicted molar refractivity (Wildman–Crippen MR) is 51.6 cm³/mol. The first-order chi connectivity index (χ1) is 5.83. The van der Waals surface area contributed by atoms with E-state index in [9.17, 15) is 4.79 Å².